The van der Waals surface area contributed by atoms with E-state index in [9.17, 15) is 0 Å². The molecule has 25 heavy (non-hydrogen) atoms. The largest absolute Gasteiger partial charge is 0.493 e. The molecule has 0 spiro atoms. The maximum absolute atomic E-state index is 5.90. The van der Waals surface area contributed by atoms with Crippen LogP contribution in [0.2, 0.25) is 0 Å². The van der Waals surface area contributed by atoms with Crippen molar-refractivity contribution < 1.29 is 14.2 Å². The number of anilines is 2. The Morgan fingerprint density at radius 3 is 3.08 bits per heavy atom. The Labute approximate surface area is 143 Å². The van der Waals surface area contributed by atoms with Gasteiger partial charge in [0, 0.05) is 18.4 Å². The summed E-state index contributed by atoms with van der Waals surface area (Å²) in [5.74, 6) is 1.95. The van der Waals surface area contributed by atoms with Crippen molar-refractivity contribution >= 4 is 17.2 Å². The molecule has 0 radical (unpaired) electrons. The minimum atomic E-state index is 0.144. The first-order valence-electron chi connectivity index (χ1n) is 8.07. The van der Waals surface area contributed by atoms with Crippen LogP contribution in [0.4, 0.5) is 11.5 Å². The van der Waals surface area contributed by atoms with E-state index in [0.717, 1.165) is 25.1 Å². The number of hydrogen-bond donors (Lipinski definition) is 1. The molecule has 1 fully saturated rings. The summed E-state index contributed by atoms with van der Waals surface area (Å²) in [6.45, 7) is 1.31. The Kier molecular flexibility index (Phi) is 4.30. The summed E-state index contributed by atoms with van der Waals surface area (Å²) < 4.78 is 18.2. The second kappa shape index (κ2) is 6.89. The number of methoxy groups -OCH3 is 1. The quantitative estimate of drug-likeness (QED) is 0.725. The maximum atomic E-state index is 5.90. The minimum absolute atomic E-state index is 0.144. The third kappa shape index (κ3) is 3.45. The lowest BCUT2D eigenvalue weighted by Crippen LogP contribution is -2.16. The Hall–Kier alpha value is -2.94. The van der Waals surface area contributed by atoms with Crippen molar-refractivity contribution in [2.45, 2.75) is 18.9 Å². The van der Waals surface area contributed by atoms with Crippen LogP contribution < -0.4 is 14.8 Å². The van der Waals surface area contributed by atoms with Crippen molar-refractivity contribution in [2.75, 3.05) is 25.6 Å². The van der Waals surface area contributed by atoms with Crippen molar-refractivity contribution in [3.05, 3.63) is 30.3 Å². The van der Waals surface area contributed by atoms with Crippen LogP contribution in [0.25, 0.3) is 5.65 Å². The molecule has 4 rings (SSSR count). The molecule has 3 heterocycles. The van der Waals surface area contributed by atoms with Crippen LogP contribution in [-0.4, -0.2) is 51.7 Å². The molecule has 3 aromatic rings. The topological polar surface area (TPSA) is 95.7 Å². The Bertz CT molecular complexity index is 862. The van der Waals surface area contributed by atoms with Crippen molar-refractivity contribution in [2.24, 2.45) is 0 Å². The first kappa shape index (κ1) is 15.6. The highest BCUT2D eigenvalue weighted by molar-refractivity contribution is 5.61. The summed E-state index contributed by atoms with van der Waals surface area (Å²) in [4.78, 5) is 0. The van der Waals surface area contributed by atoms with E-state index >= 15 is 0 Å². The number of aromatic nitrogens is 5. The van der Waals surface area contributed by atoms with Gasteiger partial charge in [-0.2, -0.15) is 0 Å². The van der Waals surface area contributed by atoms with E-state index in [2.05, 4.69) is 25.9 Å². The van der Waals surface area contributed by atoms with Crippen LogP contribution in [0.3, 0.4) is 0 Å². The fraction of sp³-hybridized carbons (Fsp3) is 0.375. The molecule has 1 atom stereocenters. The van der Waals surface area contributed by atoms with Crippen LogP contribution in [0.5, 0.6) is 11.5 Å². The molecule has 1 aromatic carbocycles. The van der Waals surface area contributed by atoms with Crippen molar-refractivity contribution in [3.8, 4) is 11.5 Å². The van der Waals surface area contributed by atoms with E-state index in [1.54, 1.807) is 13.2 Å². The van der Waals surface area contributed by atoms with Gasteiger partial charge in [0.15, 0.2) is 23.0 Å². The summed E-state index contributed by atoms with van der Waals surface area (Å²) in [5, 5.41) is 18.7. The molecule has 0 amide bonds. The van der Waals surface area contributed by atoms with E-state index in [-0.39, 0.29) is 6.10 Å². The van der Waals surface area contributed by atoms with Gasteiger partial charge in [-0.1, -0.05) is 0 Å². The van der Waals surface area contributed by atoms with E-state index in [1.165, 1.54) is 4.63 Å². The number of ether oxygens (including phenoxy) is 3. The second-order valence-corrected chi connectivity index (χ2v) is 5.68. The molecular weight excluding hydrogens is 324 g/mol. The van der Waals surface area contributed by atoms with Gasteiger partial charge in [0.25, 0.3) is 0 Å². The Balaban J connectivity index is 1.51. The molecule has 130 valence electrons. The maximum Gasteiger partial charge on any atom is 0.200 e. The van der Waals surface area contributed by atoms with Gasteiger partial charge in [-0.15, -0.1) is 14.8 Å². The lowest BCUT2D eigenvalue weighted by atomic mass is 10.2. The average Bonchev–Trinajstić information content (AvgIpc) is 3.31. The molecule has 1 aliphatic heterocycles. The Morgan fingerprint density at radius 1 is 1.28 bits per heavy atom. The molecule has 0 aliphatic carbocycles. The highest BCUT2D eigenvalue weighted by Gasteiger charge is 2.17. The summed E-state index contributed by atoms with van der Waals surface area (Å²) in [7, 11) is 1.62. The normalized spacial score (nSPS) is 16.9. The number of nitrogens with zero attached hydrogens (tertiary/aromatic N) is 5. The Morgan fingerprint density at radius 2 is 2.24 bits per heavy atom. The van der Waals surface area contributed by atoms with Crippen molar-refractivity contribution in [1.29, 1.82) is 0 Å². The molecule has 2 aromatic heterocycles. The van der Waals surface area contributed by atoms with Crippen LogP contribution in [0, 0.1) is 0 Å². The monoisotopic (exact) mass is 342 g/mol. The summed E-state index contributed by atoms with van der Waals surface area (Å²) in [5.41, 5.74) is 1.41. The first-order chi connectivity index (χ1) is 12.3. The number of fused-ring (bicyclic) bond motifs is 1. The third-order valence-electron chi connectivity index (χ3n) is 3.95. The molecule has 9 heteroatoms. The molecule has 0 saturated carbocycles. The average molecular weight is 342 g/mol. The highest BCUT2D eigenvalue weighted by atomic mass is 16.5. The van der Waals surface area contributed by atoms with Crippen LogP contribution in [0.1, 0.15) is 12.8 Å². The van der Waals surface area contributed by atoms with Crippen LogP contribution >= 0.6 is 0 Å². The van der Waals surface area contributed by atoms with Crippen molar-refractivity contribution in [3.63, 3.8) is 0 Å². The molecule has 0 bridgehead atoms. The standard InChI is InChI=1S/C16H18N6O3/c1-23-13-5-4-11(9-14(13)25-10-12-3-2-8-24-12)17-15-6-7-16-18-20-21-22(16)19-15/h4-7,9,12H,2-3,8,10H2,1H3,(H,17,19). The van der Waals surface area contributed by atoms with Gasteiger partial charge in [0.1, 0.15) is 6.61 Å². The molecule has 1 unspecified atom stereocenters. The lowest BCUT2D eigenvalue weighted by molar-refractivity contribution is 0.0670. The molecule has 1 N–H and O–H groups in total. The van der Waals surface area contributed by atoms with E-state index < -0.39 is 0 Å². The fourth-order valence-corrected chi connectivity index (χ4v) is 2.69. The molecular formula is C16H18N6O3. The first-order valence-corrected chi connectivity index (χ1v) is 8.07. The number of nitrogens with one attached hydrogen (secondary N) is 1. The van der Waals surface area contributed by atoms with Gasteiger partial charge in [-0.25, -0.2) is 0 Å². The van der Waals surface area contributed by atoms with E-state index in [1.807, 2.05) is 24.3 Å². The molecule has 1 saturated heterocycles. The zero-order valence-electron chi connectivity index (χ0n) is 13.8. The zero-order chi connectivity index (χ0) is 17.1. The molecule has 1 aliphatic rings. The van der Waals surface area contributed by atoms with Gasteiger partial charge >= 0.3 is 0 Å². The SMILES string of the molecule is COc1ccc(Nc2ccc3nnnn3n2)cc1OCC1CCCO1. The lowest BCUT2D eigenvalue weighted by Gasteiger charge is -2.15. The zero-order valence-corrected chi connectivity index (χ0v) is 13.8. The van der Waals surface area contributed by atoms with Crippen LogP contribution in [0.15, 0.2) is 30.3 Å². The fourth-order valence-electron chi connectivity index (χ4n) is 2.69. The highest BCUT2D eigenvalue weighted by Crippen LogP contribution is 2.31. The summed E-state index contributed by atoms with van der Waals surface area (Å²) >= 11 is 0. The van der Waals surface area contributed by atoms with Gasteiger partial charge in [0.05, 0.1) is 13.2 Å². The predicted octanol–water partition coefficient (Wildman–Crippen LogP) is 1.83. The van der Waals surface area contributed by atoms with Gasteiger partial charge < -0.3 is 19.5 Å². The van der Waals surface area contributed by atoms with Crippen LogP contribution in [-0.2, 0) is 4.74 Å². The smallest absolute Gasteiger partial charge is 0.200 e. The van der Waals surface area contributed by atoms with Gasteiger partial charge in [-0.3, -0.25) is 0 Å². The third-order valence-corrected chi connectivity index (χ3v) is 3.95. The van der Waals surface area contributed by atoms with Gasteiger partial charge in [0.2, 0.25) is 0 Å². The number of tetrazole rings is 1. The number of hydrogen-bond acceptors (Lipinski definition) is 8. The predicted molar refractivity (Wildman–Crippen MR) is 89.3 cm³/mol. The second-order valence-electron chi connectivity index (χ2n) is 5.68. The number of rotatable bonds is 6. The summed E-state index contributed by atoms with van der Waals surface area (Å²) in [6.07, 6.45) is 2.25. The molecule has 9 nitrogen and oxygen atoms in total. The minimum Gasteiger partial charge on any atom is -0.493 e. The van der Waals surface area contributed by atoms with E-state index in [4.69, 9.17) is 14.2 Å². The van der Waals surface area contributed by atoms with Crippen molar-refractivity contribution in [1.82, 2.24) is 25.3 Å². The van der Waals surface area contributed by atoms with Gasteiger partial charge in [-0.05, 0) is 47.5 Å². The summed E-state index contributed by atoms with van der Waals surface area (Å²) in [6, 6.07) is 9.21. The number of benzene rings is 1. The van der Waals surface area contributed by atoms with E-state index in [0.29, 0.717) is 29.6 Å².